The molecule has 3 atom stereocenters. The van der Waals surface area contributed by atoms with Crippen LogP contribution in [0, 0.1) is 17.3 Å². The Bertz CT molecular complexity index is 1440. The molecule has 50 heavy (non-hydrogen) atoms. The van der Waals surface area contributed by atoms with E-state index in [-0.39, 0.29) is 17.5 Å². The molecular weight excluding hydrogens is 682 g/mol. The van der Waals surface area contributed by atoms with Crippen molar-refractivity contribution >= 4 is 28.4 Å². The van der Waals surface area contributed by atoms with Crippen molar-refractivity contribution in [3.05, 3.63) is 53.9 Å². The largest absolute Gasteiger partial charge is 0.411 e. The molecule has 3 heterocycles. The van der Waals surface area contributed by atoms with Crippen LogP contribution in [-0.4, -0.2) is 92.2 Å². The van der Waals surface area contributed by atoms with Gasteiger partial charge in [0.1, 0.15) is 13.2 Å². The van der Waals surface area contributed by atoms with Gasteiger partial charge in [0, 0.05) is 47.6 Å². The van der Waals surface area contributed by atoms with Crippen molar-refractivity contribution in [3.8, 4) is 11.8 Å². The van der Waals surface area contributed by atoms with Crippen LogP contribution in [0.4, 0.5) is 32.0 Å². The van der Waals surface area contributed by atoms with Crippen LogP contribution in [0.25, 0.3) is 10.9 Å². The first-order chi connectivity index (χ1) is 23.9. The van der Waals surface area contributed by atoms with Crippen LogP contribution in [0.1, 0.15) is 51.6 Å². The number of aliphatic hydroxyl groups is 1. The first-order valence-corrected chi connectivity index (χ1v) is 18.2. The number of allylic oxidation sites excluding steroid dienone is 2. The number of aliphatic hydroxyl groups excluding tert-OH is 1. The summed E-state index contributed by atoms with van der Waals surface area (Å²) in [5, 5.41) is 17.4. The third kappa shape index (κ3) is 12.5. The molecule has 0 radical (unpaired) electrons. The normalized spacial score (nSPS) is 22.1. The number of thioether (sulfide) groups is 1. The zero-order valence-corrected chi connectivity index (χ0v) is 30.0. The summed E-state index contributed by atoms with van der Waals surface area (Å²) in [6.07, 6.45) is 2.54. The number of nitrogens with one attached hydrogen (secondary N) is 3. The first kappa shape index (κ1) is 41.7. The highest BCUT2D eigenvalue weighted by atomic mass is 32.2. The number of halogens is 6. The number of hydrogen-bond acceptors (Lipinski definition) is 7. The lowest BCUT2D eigenvalue weighted by molar-refractivity contribution is -0.187. The van der Waals surface area contributed by atoms with Crippen molar-refractivity contribution in [1.29, 1.82) is 0 Å². The molecule has 0 saturated carbocycles. The Kier molecular flexibility index (Phi) is 16.5. The third-order valence-electron chi connectivity index (χ3n) is 8.49. The van der Waals surface area contributed by atoms with Crippen LogP contribution in [0.2, 0.25) is 0 Å². The molecular formula is C36H50F6N4O3S. The van der Waals surface area contributed by atoms with E-state index in [1.807, 2.05) is 32.2 Å². The fourth-order valence-electron chi connectivity index (χ4n) is 5.92. The van der Waals surface area contributed by atoms with Crippen molar-refractivity contribution in [2.75, 3.05) is 58.1 Å². The third-order valence-corrected chi connectivity index (χ3v) is 9.45. The van der Waals surface area contributed by atoms with Gasteiger partial charge in [-0.1, -0.05) is 44.1 Å². The maximum atomic E-state index is 13.5. The van der Waals surface area contributed by atoms with E-state index < -0.39 is 37.7 Å². The molecule has 1 aromatic heterocycles. The summed E-state index contributed by atoms with van der Waals surface area (Å²) in [6, 6.07) is 6.36. The summed E-state index contributed by atoms with van der Waals surface area (Å²) in [7, 11) is 1.00. The van der Waals surface area contributed by atoms with Gasteiger partial charge >= 0.3 is 12.4 Å². The first-order valence-electron chi connectivity index (χ1n) is 16.9. The van der Waals surface area contributed by atoms with Gasteiger partial charge in [-0.2, -0.15) is 38.1 Å². The minimum absolute atomic E-state index is 0.0395. The molecule has 0 bridgehead atoms. The highest BCUT2D eigenvalue weighted by Gasteiger charge is 2.43. The van der Waals surface area contributed by atoms with E-state index in [1.54, 1.807) is 24.3 Å². The van der Waals surface area contributed by atoms with Gasteiger partial charge in [0.25, 0.3) is 0 Å². The predicted octanol–water partition coefficient (Wildman–Crippen LogP) is 7.26. The Morgan fingerprint density at radius 3 is 2.36 bits per heavy atom. The average Bonchev–Trinajstić information content (AvgIpc) is 3.39. The molecule has 2 aliphatic carbocycles. The van der Waals surface area contributed by atoms with Crippen LogP contribution in [0.5, 0.6) is 0 Å². The summed E-state index contributed by atoms with van der Waals surface area (Å²) < 4.78 is 90.0. The number of rotatable bonds is 8. The molecule has 280 valence electrons. The Morgan fingerprint density at radius 1 is 1.08 bits per heavy atom. The molecule has 4 N–H and O–H groups in total. The predicted molar refractivity (Wildman–Crippen MR) is 189 cm³/mol. The van der Waals surface area contributed by atoms with Gasteiger partial charge in [-0.05, 0) is 62.5 Å². The fraction of sp³-hybridized carbons (Fsp3) is 0.611. The van der Waals surface area contributed by atoms with Gasteiger partial charge in [-0.25, -0.2) is 0 Å². The van der Waals surface area contributed by atoms with Crippen LogP contribution in [0.3, 0.4) is 0 Å². The van der Waals surface area contributed by atoms with Crippen molar-refractivity contribution in [2.24, 2.45) is 5.41 Å². The molecule has 2 saturated heterocycles. The lowest BCUT2D eigenvalue weighted by Gasteiger charge is -2.48. The average molecular weight is 733 g/mol. The van der Waals surface area contributed by atoms with E-state index in [1.165, 1.54) is 24.9 Å². The second-order valence-corrected chi connectivity index (χ2v) is 13.3. The molecule has 2 aliphatic heterocycles. The number of benzene rings is 1. The summed E-state index contributed by atoms with van der Waals surface area (Å²) in [6.45, 7) is 5.91. The van der Waals surface area contributed by atoms with Gasteiger partial charge in [-0.15, -0.1) is 0 Å². The van der Waals surface area contributed by atoms with Crippen LogP contribution in [-0.2, 0) is 16.0 Å². The maximum Gasteiger partial charge on any atom is 0.411 e. The summed E-state index contributed by atoms with van der Waals surface area (Å²) in [4.78, 5) is 0. The number of alkyl halides is 6. The number of nitrogens with zero attached hydrogens (tertiary/aromatic N) is 1. The SMILES string of the molecule is C1NCC12COC2.CC.CO.CSC1C=CC(NCC#Cc2cc3c(NC4=CCCCC4)cccc3n2CC(F)(F)F)C(OCC(F)(F)F)C1. The minimum atomic E-state index is -4.44. The molecule has 1 aromatic carbocycles. The number of fused-ring (bicyclic) bond motifs is 1. The van der Waals surface area contributed by atoms with Gasteiger partial charge < -0.3 is 29.8 Å². The van der Waals surface area contributed by atoms with Crippen LogP contribution in [0.15, 0.2) is 48.2 Å². The second kappa shape index (κ2) is 19.8. The molecule has 6 rings (SSSR count). The molecule has 0 amide bonds. The highest BCUT2D eigenvalue weighted by Crippen LogP contribution is 2.33. The molecule has 14 heteroatoms. The number of ether oxygens (including phenoxy) is 2. The summed E-state index contributed by atoms with van der Waals surface area (Å²) in [5.41, 5.74) is 3.02. The minimum Gasteiger partial charge on any atom is -0.400 e. The lowest BCUT2D eigenvalue weighted by atomic mass is 9.80. The second-order valence-electron chi connectivity index (χ2n) is 12.2. The zero-order chi connectivity index (χ0) is 36.8. The van der Waals surface area contributed by atoms with Gasteiger partial charge in [-0.3, -0.25) is 5.32 Å². The van der Waals surface area contributed by atoms with E-state index in [2.05, 4.69) is 33.9 Å². The van der Waals surface area contributed by atoms with E-state index in [9.17, 15) is 26.3 Å². The van der Waals surface area contributed by atoms with E-state index >= 15 is 0 Å². The Balaban J connectivity index is 0.000000526. The topological polar surface area (TPSA) is 79.7 Å². The van der Waals surface area contributed by atoms with Crippen molar-refractivity contribution in [2.45, 2.75) is 82.2 Å². The van der Waals surface area contributed by atoms with E-state index in [0.29, 0.717) is 22.7 Å². The van der Waals surface area contributed by atoms with Crippen LogP contribution < -0.4 is 16.0 Å². The molecule has 4 aliphatic rings. The molecule has 2 aromatic rings. The Labute approximate surface area is 295 Å². The zero-order valence-electron chi connectivity index (χ0n) is 29.1. The Hall–Kier alpha value is -2.67. The molecule has 1 spiro atoms. The van der Waals surface area contributed by atoms with E-state index in [4.69, 9.17) is 14.6 Å². The maximum absolute atomic E-state index is 13.5. The number of hydrogen-bond donors (Lipinski definition) is 4. The van der Waals surface area contributed by atoms with Crippen molar-refractivity contribution < 1.29 is 40.9 Å². The quantitative estimate of drug-likeness (QED) is 0.129. The van der Waals surface area contributed by atoms with Gasteiger partial charge in [0.05, 0.1) is 43.1 Å². The molecule has 7 nitrogen and oxygen atoms in total. The lowest BCUT2D eigenvalue weighted by Crippen LogP contribution is -2.64. The summed E-state index contributed by atoms with van der Waals surface area (Å²) in [5.74, 6) is 5.70. The number of anilines is 1. The van der Waals surface area contributed by atoms with E-state index in [0.717, 1.165) is 62.0 Å². The van der Waals surface area contributed by atoms with Gasteiger partial charge in [0.15, 0.2) is 0 Å². The monoisotopic (exact) mass is 732 g/mol. The fourth-order valence-corrected chi connectivity index (χ4v) is 6.55. The van der Waals surface area contributed by atoms with Crippen molar-refractivity contribution in [1.82, 2.24) is 15.2 Å². The summed E-state index contributed by atoms with van der Waals surface area (Å²) >= 11 is 1.52. The van der Waals surface area contributed by atoms with Crippen molar-refractivity contribution in [3.63, 3.8) is 0 Å². The van der Waals surface area contributed by atoms with Crippen LogP contribution >= 0.6 is 11.8 Å². The highest BCUT2D eigenvalue weighted by molar-refractivity contribution is 7.99. The van der Waals surface area contributed by atoms with Gasteiger partial charge in [0.2, 0.25) is 0 Å². The Morgan fingerprint density at radius 2 is 1.82 bits per heavy atom. The standard InChI is InChI=1S/C28H31F6N3OS.C5H9NO.C2H6.CH4O/c1-39-21-12-13-24(26(16-21)38-18-28(32,33)34)35-14-6-9-20-15-22-23(36-19-7-3-2-4-8-19)10-5-11-25(22)37(20)17-27(29,30)31;1-5(2-6-1)3-7-4-5;2*1-2/h5,7,10-13,15,21,24,26,35-36H,2-4,8,14,16-18H2,1H3;6H,1-4H2;1-2H3;2H,1H3. The number of aromatic nitrogens is 1. The smallest absolute Gasteiger partial charge is 0.400 e. The molecule has 2 fully saturated rings. The molecule has 3 unspecified atom stereocenters.